The molecule has 0 bridgehead atoms. The predicted molar refractivity (Wildman–Crippen MR) is 81.0 cm³/mol. The van der Waals surface area contributed by atoms with Gasteiger partial charge in [-0.1, -0.05) is 19.1 Å². The topological polar surface area (TPSA) is 85.3 Å². The van der Waals surface area contributed by atoms with Crippen LogP contribution in [0.4, 0.5) is 4.39 Å². The fraction of sp³-hybridized carbons (Fsp3) is 0.294. The molecule has 120 valence electrons. The first kappa shape index (κ1) is 16.6. The Morgan fingerprint density at radius 2 is 2.04 bits per heavy atom. The highest BCUT2D eigenvalue weighted by Gasteiger charge is 2.36. The minimum Gasteiger partial charge on any atom is -0.463 e. The molecule has 0 saturated carbocycles. The lowest BCUT2D eigenvalue weighted by molar-refractivity contribution is -0.139. The molecule has 0 aliphatic carbocycles. The van der Waals surface area contributed by atoms with Gasteiger partial charge in [-0.3, -0.25) is 0 Å². The summed E-state index contributed by atoms with van der Waals surface area (Å²) in [4.78, 5) is 12.4. The zero-order chi connectivity index (χ0) is 17.0. The van der Waals surface area contributed by atoms with E-state index in [1.54, 1.807) is 13.8 Å². The summed E-state index contributed by atoms with van der Waals surface area (Å²) < 4.78 is 23.7. The summed E-state index contributed by atoms with van der Waals surface area (Å²) in [6.07, 6.45) is 0.408. The Morgan fingerprint density at radius 3 is 2.57 bits per heavy atom. The molecule has 0 radical (unpaired) electrons. The number of nitrogens with zero attached hydrogens (tertiary/aromatic N) is 1. The van der Waals surface area contributed by atoms with E-state index < -0.39 is 17.7 Å². The Hall–Kier alpha value is -2.81. The normalized spacial score (nSPS) is 17.6. The summed E-state index contributed by atoms with van der Waals surface area (Å²) in [6.45, 7) is 3.69. The number of nitrogens with two attached hydrogens (primary N) is 1. The number of halogens is 1. The third-order valence-electron chi connectivity index (χ3n) is 3.52. The summed E-state index contributed by atoms with van der Waals surface area (Å²) in [6, 6.07) is 7.55. The first-order valence-electron chi connectivity index (χ1n) is 7.26. The van der Waals surface area contributed by atoms with Crippen molar-refractivity contribution in [3.8, 4) is 6.07 Å². The van der Waals surface area contributed by atoms with Crippen LogP contribution < -0.4 is 5.73 Å². The Kier molecular flexibility index (Phi) is 5.02. The maximum atomic E-state index is 13.2. The van der Waals surface area contributed by atoms with E-state index in [0.29, 0.717) is 17.7 Å². The van der Waals surface area contributed by atoms with Gasteiger partial charge in [0.1, 0.15) is 23.2 Å². The minimum atomic E-state index is -0.733. The van der Waals surface area contributed by atoms with Gasteiger partial charge in [-0.25, -0.2) is 9.18 Å². The second-order valence-electron chi connectivity index (χ2n) is 4.89. The highest BCUT2D eigenvalue weighted by molar-refractivity contribution is 5.92. The van der Waals surface area contributed by atoms with Gasteiger partial charge in [0, 0.05) is 6.42 Å². The second-order valence-corrected chi connectivity index (χ2v) is 4.89. The number of benzene rings is 1. The monoisotopic (exact) mass is 316 g/mol. The van der Waals surface area contributed by atoms with Gasteiger partial charge in [0.15, 0.2) is 0 Å². The summed E-state index contributed by atoms with van der Waals surface area (Å²) in [7, 11) is 0. The number of carbonyl (C=O) groups excluding carboxylic acids is 1. The molecule has 23 heavy (non-hydrogen) atoms. The molecule has 0 unspecified atom stereocenters. The van der Waals surface area contributed by atoms with Gasteiger partial charge in [0.25, 0.3) is 0 Å². The Morgan fingerprint density at radius 1 is 1.39 bits per heavy atom. The van der Waals surface area contributed by atoms with E-state index in [9.17, 15) is 14.4 Å². The van der Waals surface area contributed by atoms with Crippen LogP contribution in [-0.2, 0) is 14.3 Å². The molecular weight excluding hydrogens is 299 g/mol. The largest absolute Gasteiger partial charge is 0.463 e. The van der Waals surface area contributed by atoms with Crippen LogP contribution in [0.15, 0.2) is 47.1 Å². The molecule has 2 rings (SSSR count). The zero-order valence-corrected chi connectivity index (χ0v) is 12.9. The summed E-state index contributed by atoms with van der Waals surface area (Å²) in [5.41, 5.74) is 6.73. The number of rotatable bonds is 4. The number of nitriles is 1. The molecule has 0 fully saturated rings. The lowest BCUT2D eigenvalue weighted by atomic mass is 9.82. The van der Waals surface area contributed by atoms with Crippen LogP contribution in [0.25, 0.3) is 0 Å². The van der Waals surface area contributed by atoms with Crippen molar-refractivity contribution in [1.82, 2.24) is 0 Å². The third kappa shape index (κ3) is 3.19. The van der Waals surface area contributed by atoms with Crippen LogP contribution in [0.1, 0.15) is 31.7 Å². The van der Waals surface area contributed by atoms with Crippen LogP contribution >= 0.6 is 0 Å². The Bertz CT molecular complexity index is 714. The SMILES string of the molecule is CCOC(=O)C1=C(CC)OC(N)=C(C#N)[C@@H]1c1ccc(F)cc1. The molecule has 0 aromatic heterocycles. The molecule has 2 N–H and O–H groups in total. The molecule has 1 aliphatic heterocycles. The van der Waals surface area contributed by atoms with Crippen LogP contribution in [0.5, 0.6) is 0 Å². The Labute approximate surface area is 133 Å². The van der Waals surface area contributed by atoms with Crippen molar-refractivity contribution in [2.24, 2.45) is 5.73 Å². The molecular formula is C17H17FN2O3. The van der Waals surface area contributed by atoms with E-state index >= 15 is 0 Å². The van der Waals surface area contributed by atoms with Crippen LogP contribution in [0.2, 0.25) is 0 Å². The maximum absolute atomic E-state index is 13.2. The molecule has 1 atom stereocenters. The van der Waals surface area contributed by atoms with Gasteiger partial charge < -0.3 is 15.2 Å². The second kappa shape index (κ2) is 6.97. The van der Waals surface area contributed by atoms with Gasteiger partial charge in [0.05, 0.1) is 18.1 Å². The average molecular weight is 316 g/mol. The van der Waals surface area contributed by atoms with Gasteiger partial charge in [-0.05, 0) is 24.6 Å². The highest BCUT2D eigenvalue weighted by atomic mass is 19.1. The molecule has 0 amide bonds. The van der Waals surface area contributed by atoms with E-state index in [4.69, 9.17) is 15.2 Å². The summed E-state index contributed by atoms with van der Waals surface area (Å²) >= 11 is 0. The fourth-order valence-corrected chi connectivity index (χ4v) is 2.50. The van der Waals surface area contributed by atoms with Crippen LogP contribution in [0.3, 0.4) is 0 Å². The first-order chi connectivity index (χ1) is 11.0. The number of ether oxygens (including phenoxy) is 2. The quantitative estimate of drug-likeness (QED) is 0.863. The first-order valence-corrected chi connectivity index (χ1v) is 7.26. The van der Waals surface area contributed by atoms with Gasteiger partial charge >= 0.3 is 5.97 Å². The number of hydrogen-bond donors (Lipinski definition) is 1. The van der Waals surface area contributed by atoms with E-state index in [2.05, 4.69) is 0 Å². The van der Waals surface area contributed by atoms with E-state index in [-0.39, 0.29) is 23.6 Å². The lowest BCUT2D eigenvalue weighted by Crippen LogP contribution is -2.26. The van der Waals surface area contributed by atoms with E-state index in [0.717, 1.165) is 0 Å². The van der Waals surface area contributed by atoms with Crippen molar-refractivity contribution in [2.75, 3.05) is 6.61 Å². The third-order valence-corrected chi connectivity index (χ3v) is 3.52. The number of hydrogen-bond acceptors (Lipinski definition) is 5. The maximum Gasteiger partial charge on any atom is 0.338 e. The van der Waals surface area contributed by atoms with Crippen molar-refractivity contribution >= 4 is 5.97 Å². The Balaban J connectivity index is 2.63. The predicted octanol–water partition coefficient (Wildman–Crippen LogP) is 2.86. The number of allylic oxidation sites excluding steroid dienone is 2. The van der Waals surface area contributed by atoms with E-state index in [1.807, 2.05) is 6.07 Å². The van der Waals surface area contributed by atoms with E-state index in [1.165, 1.54) is 24.3 Å². The standard InChI is InChI=1S/C17H17FN2O3/c1-3-13-15(17(21)22-4-2)14(12(9-19)16(20)23-13)10-5-7-11(18)8-6-10/h5-8,14H,3-4,20H2,1-2H3/t14-/m0/s1. The number of carbonyl (C=O) groups is 1. The lowest BCUT2D eigenvalue weighted by Gasteiger charge is -2.27. The van der Waals surface area contributed by atoms with Crippen LogP contribution in [-0.4, -0.2) is 12.6 Å². The molecule has 1 aromatic carbocycles. The molecule has 0 spiro atoms. The van der Waals surface area contributed by atoms with Gasteiger partial charge in [0.2, 0.25) is 5.88 Å². The molecule has 6 heteroatoms. The molecule has 1 heterocycles. The van der Waals surface area contributed by atoms with Gasteiger partial charge in [-0.2, -0.15) is 5.26 Å². The average Bonchev–Trinajstić information content (AvgIpc) is 2.54. The van der Waals surface area contributed by atoms with Gasteiger partial charge in [-0.15, -0.1) is 0 Å². The molecule has 1 aliphatic rings. The van der Waals surface area contributed by atoms with Crippen molar-refractivity contribution in [3.63, 3.8) is 0 Å². The van der Waals surface area contributed by atoms with Crippen molar-refractivity contribution < 1.29 is 18.7 Å². The van der Waals surface area contributed by atoms with Crippen LogP contribution in [0, 0.1) is 17.1 Å². The summed E-state index contributed by atoms with van der Waals surface area (Å²) in [5, 5.41) is 9.42. The molecule has 5 nitrogen and oxygen atoms in total. The molecule has 0 saturated heterocycles. The minimum absolute atomic E-state index is 0.0493. The van der Waals surface area contributed by atoms with Crippen molar-refractivity contribution in [2.45, 2.75) is 26.2 Å². The zero-order valence-electron chi connectivity index (χ0n) is 12.9. The molecule has 1 aromatic rings. The van der Waals surface area contributed by atoms with Crippen molar-refractivity contribution in [1.29, 1.82) is 5.26 Å². The smallest absolute Gasteiger partial charge is 0.338 e. The highest BCUT2D eigenvalue weighted by Crippen LogP contribution is 2.40. The summed E-state index contributed by atoms with van der Waals surface area (Å²) in [5.74, 6) is -1.41. The fourth-order valence-electron chi connectivity index (χ4n) is 2.50. The number of esters is 1. The van der Waals surface area contributed by atoms with Crippen molar-refractivity contribution in [3.05, 3.63) is 58.4 Å².